The zero-order chi connectivity index (χ0) is 19.3. The highest BCUT2D eigenvalue weighted by Crippen LogP contribution is 2.23. The number of sulfonamides is 1. The minimum atomic E-state index is -3.60. The first-order valence-corrected chi connectivity index (χ1v) is 10.1. The average molecular weight is 382 g/mol. The molecule has 0 saturated heterocycles. The largest absolute Gasteiger partial charge is 0.497 e. The maximum Gasteiger partial charge on any atom is 0.261 e. The van der Waals surface area contributed by atoms with E-state index in [4.69, 9.17) is 4.74 Å². The van der Waals surface area contributed by atoms with Gasteiger partial charge < -0.3 is 10.1 Å². The summed E-state index contributed by atoms with van der Waals surface area (Å²) in [6.45, 7) is 2.03. The molecule has 0 spiro atoms. The van der Waals surface area contributed by atoms with Gasteiger partial charge in [0.05, 0.1) is 12.0 Å². The lowest BCUT2D eigenvalue weighted by Crippen LogP contribution is -2.12. The fourth-order valence-corrected chi connectivity index (χ4v) is 3.64. The number of rotatable bonds is 7. The lowest BCUT2D eigenvalue weighted by molar-refractivity contribution is 0.415. The SMILES string of the molecule is CCc1ccc(S(=O)(=O)Nc2ccc(Nc3ccc(OC)cc3)cc2)cc1. The van der Waals surface area contributed by atoms with E-state index in [9.17, 15) is 8.42 Å². The Morgan fingerprint density at radius 3 is 1.81 bits per heavy atom. The summed E-state index contributed by atoms with van der Waals surface area (Å²) in [5.74, 6) is 0.789. The minimum absolute atomic E-state index is 0.250. The quantitative estimate of drug-likeness (QED) is 0.616. The standard InChI is InChI=1S/C21H22N2O3S/c1-3-16-4-14-21(15-5-16)27(24,25)23-19-8-6-17(7-9-19)22-18-10-12-20(26-2)13-11-18/h4-15,22-23H,3H2,1-2H3. The van der Waals surface area contributed by atoms with Gasteiger partial charge in [-0.1, -0.05) is 19.1 Å². The molecule has 0 heterocycles. The van der Waals surface area contributed by atoms with Crippen molar-refractivity contribution in [3.05, 3.63) is 78.4 Å². The maximum absolute atomic E-state index is 12.5. The van der Waals surface area contributed by atoms with Crippen LogP contribution in [0.5, 0.6) is 5.75 Å². The molecular formula is C21H22N2O3S. The zero-order valence-corrected chi connectivity index (χ0v) is 16.1. The monoisotopic (exact) mass is 382 g/mol. The molecule has 0 unspecified atom stereocenters. The summed E-state index contributed by atoms with van der Waals surface area (Å²) in [5.41, 5.74) is 3.38. The molecule has 0 aliphatic carbocycles. The molecule has 0 saturated carbocycles. The Kier molecular flexibility index (Phi) is 5.66. The molecule has 0 aliphatic rings. The van der Waals surface area contributed by atoms with Crippen LogP contribution in [0.3, 0.4) is 0 Å². The highest BCUT2D eigenvalue weighted by Gasteiger charge is 2.13. The van der Waals surface area contributed by atoms with E-state index in [-0.39, 0.29) is 4.90 Å². The van der Waals surface area contributed by atoms with Crippen molar-refractivity contribution >= 4 is 27.1 Å². The first-order chi connectivity index (χ1) is 13.0. The Labute approximate surface area is 160 Å². The molecule has 2 N–H and O–H groups in total. The summed E-state index contributed by atoms with van der Waals surface area (Å²) in [7, 11) is -1.98. The van der Waals surface area contributed by atoms with Crippen LogP contribution in [0.2, 0.25) is 0 Å². The normalized spacial score (nSPS) is 11.0. The molecule has 6 heteroatoms. The Bertz CT molecular complexity index is 981. The van der Waals surface area contributed by atoms with Crippen molar-refractivity contribution in [2.45, 2.75) is 18.2 Å². The molecule has 27 heavy (non-hydrogen) atoms. The Morgan fingerprint density at radius 1 is 0.778 bits per heavy atom. The van der Waals surface area contributed by atoms with Gasteiger partial charge in [0.15, 0.2) is 0 Å². The molecule has 3 aromatic carbocycles. The van der Waals surface area contributed by atoms with Crippen LogP contribution in [0, 0.1) is 0 Å². The van der Waals surface area contributed by atoms with Gasteiger partial charge in [-0.15, -0.1) is 0 Å². The molecule has 0 aromatic heterocycles. The van der Waals surface area contributed by atoms with Crippen LogP contribution in [-0.4, -0.2) is 15.5 Å². The fraction of sp³-hybridized carbons (Fsp3) is 0.143. The molecule has 3 rings (SSSR count). The number of benzene rings is 3. The summed E-state index contributed by atoms with van der Waals surface area (Å²) in [4.78, 5) is 0.250. The highest BCUT2D eigenvalue weighted by molar-refractivity contribution is 7.92. The van der Waals surface area contributed by atoms with Gasteiger partial charge in [-0.05, 0) is 72.6 Å². The second kappa shape index (κ2) is 8.14. The number of hydrogen-bond donors (Lipinski definition) is 2. The molecule has 0 bridgehead atoms. The second-order valence-electron chi connectivity index (χ2n) is 6.03. The van der Waals surface area contributed by atoms with Crippen molar-refractivity contribution in [3.63, 3.8) is 0 Å². The number of anilines is 3. The van der Waals surface area contributed by atoms with Gasteiger partial charge in [0, 0.05) is 17.1 Å². The van der Waals surface area contributed by atoms with Gasteiger partial charge in [0.2, 0.25) is 0 Å². The topological polar surface area (TPSA) is 67.4 Å². The van der Waals surface area contributed by atoms with Crippen molar-refractivity contribution < 1.29 is 13.2 Å². The molecule has 0 aliphatic heterocycles. The van der Waals surface area contributed by atoms with Crippen molar-refractivity contribution in [2.75, 3.05) is 17.1 Å². The van der Waals surface area contributed by atoms with Crippen LogP contribution in [-0.2, 0) is 16.4 Å². The minimum Gasteiger partial charge on any atom is -0.497 e. The fourth-order valence-electron chi connectivity index (χ4n) is 2.58. The third kappa shape index (κ3) is 4.80. The summed E-state index contributed by atoms with van der Waals surface area (Å²) >= 11 is 0. The molecule has 0 atom stereocenters. The molecule has 0 radical (unpaired) electrons. The molecule has 5 nitrogen and oxygen atoms in total. The van der Waals surface area contributed by atoms with E-state index in [0.717, 1.165) is 29.1 Å². The molecule has 3 aromatic rings. The van der Waals surface area contributed by atoms with E-state index in [0.29, 0.717) is 5.69 Å². The van der Waals surface area contributed by atoms with E-state index in [2.05, 4.69) is 10.0 Å². The Hall–Kier alpha value is -2.99. The average Bonchev–Trinajstić information content (AvgIpc) is 2.70. The molecular weight excluding hydrogens is 360 g/mol. The smallest absolute Gasteiger partial charge is 0.261 e. The lowest BCUT2D eigenvalue weighted by Gasteiger charge is -2.11. The van der Waals surface area contributed by atoms with E-state index in [1.165, 1.54) is 0 Å². The van der Waals surface area contributed by atoms with E-state index in [1.54, 1.807) is 31.4 Å². The van der Waals surface area contributed by atoms with Crippen molar-refractivity contribution in [2.24, 2.45) is 0 Å². The summed E-state index contributed by atoms with van der Waals surface area (Å²) in [5, 5.41) is 3.26. The number of aryl methyl sites for hydroxylation is 1. The van der Waals surface area contributed by atoms with Crippen LogP contribution < -0.4 is 14.8 Å². The second-order valence-corrected chi connectivity index (χ2v) is 7.72. The van der Waals surface area contributed by atoms with Crippen LogP contribution in [0.4, 0.5) is 17.1 Å². The summed E-state index contributed by atoms with van der Waals surface area (Å²) < 4.78 is 32.7. The predicted molar refractivity (Wildman–Crippen MR) is 109 cm³/mol. The van der Waals surface area contributed by atoms with Crippen LogP contribution in [0.1, 0.15) is 12.5 Å². The van der Waals surface area contributed by atoms with E-state index >= 15 is 0 Å². The molecule has 0 amide bonds. The third-order valence-corrected chi connectivity index (χ3v) is 5.55. The number of ether oxygens (including phenoxy) is 1. The third-order valence-electron chi connectivity index (χ3n) is 4.16. The van der Waals surface area contributed by atoms with Gasteiger partial charge in [-0.2, -0.15) is 0 Å². The Balaban J connectivity index is 1.68. The van der Waals surface area contributed by atoms with Gasteiger partial charge in [-0.3, -0.25) is 4.72 Å². The van der Waals surface area contributed by atoms with Crippen molar-refractivity contribution in [1.29, 1.82) is 0 Å². The van der Waals surface area contributed by atoms with Gasteiger partial charge >= 0.3 is 0 Å². The maximum atomic E-state index is 12.5. The lowest BCUT2D eigenvalue weighted by atomic mass is 10.2. The number of hydrogen-bond acceptors (Lipinski definition) is 4. The first-order valence-electron chi connectivity index (χ1n) is 8.63. The van der Waals surface area contributed by atoms with Gasteiger partial charge in [-0.25, -0.2) is 8.42 Å². The summed E-state index contributed by atoms with van der Waals surface area (Å²) in [6.07, 6.45) is 0.871. The predicted octanol–water partition coefficient (Wildman–Crippen LogP) is 4.80. The molecule has 140 valence electrons. The number of nitrogens with one attached hydrogen (secondary N) is 2. The first kappa shape index (κ1) is 18.8. The highest BCUT2D eigenvalue weighted by atomic mass is 32.2. The zero-order valence-electron chi connectivity index (χ0n) is 15.3. The van der Waals surface area contributed by atoms with Gasteiger partial charge in [0.25, 0.3) is 10.0 Å². The van der Waals surface area contributed by atoms with Crippen molar-refractivity contribution in [3.8, 4) is 5.75 Å². The van der Waals surface area contributed by atoms with Crippen molar-refractivity contribution in [1.82, 2.24) is 0 Å². The van der Waals surface area contributed by atoms with Gasteiger partial charge in [0.1, 0.15) is 5.75 Å². The molecule has 0 fully saturated rings. The number of methoxy groups -OCH3 is 1. The Morgan fingerprint density at radius 2 is 1.30 bits per heavy atom. The van der Waals surface area contributed by atoms with E-state index in [1.807, 2.05) is 55.5 Å². The van der Waals surface area contributed by atoms with Crippen LogP contribution >= 0.6 is 0 Å². The van der Waals surface area contributed by atoms with Crippen LogP contribution in [0.15, 0.2) is 77.7 Å². The van der Waals surface area contributed by atoms with E-state index < -0.39 is 10.0 Å². The van der Waals surface area contributed by atoms with Crippen LogP contribution in [0.25, 0.3) is 0 Å². The summed E-state index contributed by atoms with van der Waals surface area (Å²) in [6, 6.07) is 21.6.